The lowest BCUT2D eigenvalue weighted by Crippen LogP contribution is -2.48. The molecule has 1 aliphatic heterocycles. The minimum absolute atomic E-state index is 0.00833. The largest absolute Gasteiger partial charge is 0.394 e. The molecule has 1 aliphatic carbocycles. The van der Waals surface area contributed by atoms with Gasteiger partial charge in [-0.2, -0.15) is 0 Å². The summed E-state index contributed by atoms with van der Waals surface area (Å²) < 4.78 is 5.43. The summed E-state index contributed by atoms with van der Waals surface area (Å²) >= 11 is 0. The number of aryl methyl sites for hydroxylation is 2. The number of anilines is 1. The molecule has 3 N–H and O–H groups in total. The topological polar surface area (TPSA) is 71.6 Å². The molecule has 2 aliphatic rings. The van der Waals surface area contributed by atoms with E-state index in [-0.39, 0.29) is 12.6 Å². The number of pyridine rings is 1. The summed E-state index contributed by atoms with van der Waals surface area (Å²) in [5.74, 6) is 0.950. The number of aromatic nitrogens is 1. The van der Waals surface area contributed by atoms with Crippen LogP contribution in [-0.4, -0.2) is 42.5 Å². The van der Waals surface area contributed by atoms with Gasteiger partial charge in [0.05, 0.1) is 25.9 Å². The van der Waals surface area contributed by atoms with Crippen molar-refractivity contribution < 1.29 is 9.84 Å². The first-order chi connectivity index (χ1) is 9.33. The van der Waals surface area contributed by atoms with Crippen LogP contribution in [0.4, 0.5) is 5.82 Å². The molecule has 0 bridgehead atoms. The molecule has 0 radical (unpaired) electrons. The zero-order chi connectivity index (χ0) is 13.2. The molecule has 5 nitrogen and oxygen atoms in total. The Morgan fingerprint density at radius 2 is 2.37 bits per heavy atom. The van der Waals surface area contributed by atoms with Crippen molar-refractivity contribution in [3.63, 3.8) is 0 Å². The molecule has 1 saturated heterocycles. The van der Waals surface area contributed by atoms with Crippen molar-refractivity contribution >= 4 is 5.82 Å². The molecule has 0 spiro atoms. The van der Waals surface area contributed by atoms with Gasteiger partial charge in [0.25, 0.3) is 0 Å². The molecule has 0 amide bonds. The van der Waals surface area contributed by atoms with E-state index in [2.05, 4.69) is 11.0 Å². The van der Waals surface area contributed by atoms with E-state index in [1.54, 1.807) is 0 Å². The Morgan fingerprint density at radius 1 is 1.47 bits per heavy atom. The van der Waals surface area contributed by atoms with Crippen molar-refractivity contribution in [2.75, 3.05) is 31.3 Å². The number of fused-ring (bicyclic) bond motifs is 1. The van der Waals surface area contributed by atoms with E-state index in [1.165, 1.54) is 17.7 Å². The van der Waals surface area contributed by atoms with Crippen LogP contribution in [-0.2, 0) is 24.1 Å². The first-order valence-corrected chi connectivity index (χ1v) is 7.00. The van der Waals surface area contributed by atoms with Gasteiger partial charge >= 0.3 is 0 Å². The molecule has 1 fully saturated rings. The van der Waals surface area contributed by atoms with Crippen LogP contribution in [0.3, 0.4) is 0 Å². The van der Waals surface area contributed by atoms with Gasteiger partial charge in [0, 0.05) is 24.3 Å². The molecule has 1 unspecified atom stereocenters. The van der Waals surface area contributed by atoms with Gasteiger partial charge in [0.1, 0.15) is 5.82 Å². The summed E-state index contributed by atoms with van der Waals surface area (Å²) in [6, 6.07) is 2.19. The van der Waals surface area contributed by atoms with Crippen molar-refractivity contribution in [1.29, 1.82) is 0 Å². The third-order valence-corrected chi connectivity index (χ3v) is 4.04. The minimum atomic E-state index is -0.00833. The van der Waals surface area contributed by atoms with E-state index in [9.17, 15) is 5.11 Å². The normalized spacial score (nSPS) is 22.6. The molecule has 1 aromatic heterocycles. The predicted octanol–water partition coefficient (Wildman–Crippen LogP) is 0.226. The molecule has 19 heavy (non-hydrogen) atoms. The van der Waals surface area contributed by atoms with Gasteiger partial charge in [0.15, 0.2) is 0 Å². The Labute approximate surface area is 113 Å². The van der Waals surface area contributed by atoms with Crippen LogP contribution in [0.15, 0.2) is 6.07 Å². The number of hydrogen-bond donors (Lipinski definition) is 2. The summed E-state index contributed by atoms with van der Waals surface area (Å²) in [7, 11) is 0. The Balaban J connectivity index is 1.98. The van der Waals surface area contributed by atoms with E-state index >= 15 is 0 Å². The molecule has 104 valence electrons. The number of aliphatic hydroxyl groups is 1. The summed E-state index contributed by atoms with van der Waals surface area (Å²) in [5.41, 5.74) is 9.51. The van der Waals surface area contributed by atoms with E-state index in [0.29, 0.717) is 19.8 Å². The van der Waals surface area contributed by atoms with Gasteiger partial charge in [-0.15, -0.1) is 0 Å². The van der Waals surface area contributed by atoms with Crippen LogP contribution in [0.1, 0.15) is 23.2 Å². The van der Waals surface area contributed by atoms with E-state index < -0.39 is 0 Å². The van der Waals surface area contributed by atoms with Crippen molar-refractivity contribution in [1.82, 2.24) is 4.98 Å². The third-order valence-electron chi connectivity index (χ3n) is 4.04. The van der Waals surface area contributed by atoms with Crippen LogP contribution >= 0.6 is 0 Å². The lowest BCUT2D eigenvalue weighted by atomic mass is 10.1. The predicted molar refractivity (Wildman–Crippen MR) is 73.2 cm³/mol. The minimum Gasteiger partial charge on any atom is -0.394 e. The summed E-state index contributed by atoms with van der Waals surface area (Å²) in [6.07, 6.45) is 3.35. The first-order valence-electron chi connectivity index (χ1n) is 7.00. The Hall–Kier alpha value is -1.17. The molecule has 2 heterocycles. The SMILES string of the molecule is NCc1cc2c(nc1N1CCOCC1CO)CCC2. The lowest BCUT2D eigenvalue weighted by molar-refractivity contribution is 0.0722. The molecular formula is C14H21N3O2. The monoisotopic (exact) mass is 263 g/mol. The maximum Gasteiger partial charge on any atom is 0.133 e. The molecule has 3 rings (SSSR count). The quantitative estimate of drug-likeness (QED) is 0.816. The summed E-state index contributed by atoms with van der Waals surface area (Å²) in [6.45, 7) is 2.58. The fourth-order valence-electron chi connectivity index (χ4n) is 2.99. The average Bonchev–Trinajstić information content (AvgIpc) is 2.93. The number of hydrogen-bond acceptors (Lipinski definition) is 5. The third kappa shape index (κ3) is 2.33. The molecule has 5 heteroatoms. The maximum atomic E-state index is 9.50. The molecule has 1 aromatic rings. The molecule has 0 saturated carbocycles. The smallest absolute Gasteiger partial charge is 0.133 e. The zero-order valence-corrected chi connectivity index (χ0v) is 11.1. The van der Waals surface area contributed by atoms with Crippen LogP contribution in [0.25, 0.3) is 0 Å². The van der Waals surface area contributed by atoms with Gasteiger partial charge < -0.3 is 20.5 Å². The fourth-order valence-corrected chi connectivity index (χ4v) is 2.99. The number of rotatable bonds is 3. The Morgan fingerprint density at radius 3 is 3.16 bits per heavy atom. The van der Waals surface area contributed by atoms with Crippen LogP contribution in [0, 0.1) is 0 Å². The number of morpholine rings is 1. The van der Waals surface area contributed by atoms with Crippen molar-refractivity contribution in [2.45, 2.75) is 31.8 Å². The highest BCUT2D eigenvalue weighted by atomic mass is 16.5. The van der Waals surface area contributed by atoms with E-state index in [4.69, 9.17) is 15.5 Å². The zero-order valence-electron chi connectivity index (χ0n) is 11.1. The van der Waals surface area contributed by atoms with Crippen LogP contribution in [0.5, 0.6) is 0 Å². The van der Waals surface area contributed by atoms with Crippen LogP contribution < -0.4 is 10.6 Å². The fraction of sp³-hybridized carbons (Fsp3) is 0.643. The lowest BCUT2D eigenvalue weighted by Gasteiger charge is -2.36. The summed E-state index contributed by atoms with van der Waals surface area (Å²) in [5, 5.41) is 9.50. The second kappa shape index (κ2) is 5.45. The van der Waals surface area contributed by atoms with Crippen molar-refractivity contribution in [3.05, 3.63) is 22.9 Å². The van der Waals surface area contributed by atoms with Gasteiger partial charge in [-0.05, 0) is 30.9 Å². The second-order valence-corrected chi connectivity index (χ2v) is 5.24. The molecule has 1 atom stereocenters. The highest BCUT2D eigenvalue weighted by molar-refractivity contribution is 5.52. The highest BCUT2D eigenvalue weighted by Gasteiger charge is 2.27. The maximum absolute atomic E-state index is 9.50. The number of aliphatic hydroxyl groups excluding tert-OH is 1. The van der Waals surface area contributed by atoms with Gasteiger partial charge in [-0.25, -0.2) is 4.98 Å². The number of ether oxygens (including phenoxy) is 1. The average molecular weight is 263 g/mol. The Bertz CT molecular complexity index is 464. The van der Waals surface area contributed by atoms with Crippen molar-refractivity contribution in [3.8, 4) is 0 Å². The van der Waals surface area contributed by atoms with Gasteiger partial charge in [-0.1, -0.05) is 0 Å². The first kappa shape index (κ1) is 12.8. The Kier molecular flexibility index (Phi) is 3.68. The molecule has 0 aromatic carbocycles. The van der Waals surface area contributed by atoms with E-state index in [0.717, 1.165) is 30.8 Å². The van der Waals surface area contributed by atoms with Crippen LogP contribution in [0.2, 0.25) is 0 Å². The second-order valence-electron chi connectivity index (χ2n) is 5.24. The van der Waals surface area contributed by atoms with Gasteiger partial charge in [0.2, 0.25) is 0 Å². The van der Waals surface area contributed by atoms with Crippen molar-refractivity contribution in [2.24, 2.45) is 5.73 Å². The number of nitrogens with zero attached hydrogens (tertiary/aromatic N) is 2. The molecular weight excluding hydrogens is 242 g/mol. The highest BCUT2D eigenvalue weighted by Crippen LogP contribution is 2.29. The standard InChI is InChI=1S/C14H21N3O2/c15-7-11-6-10-2-1-3-13(10)16-14(11)17-4-5-19-9-12(17)8-18/h6,12,18H,1-5,7-9,15H2. The number of nitrogens with two attached hydrogens (primary N) is 1. The summed E-state index contributed by atoms with van der Waals surface area (Å²) in [4.78, 5) is 6.98. The van der Waals surface area contributed by atoms with E-state index in [1.807, 2.05) is 0 Å². The van der Waals surface area contributed by atoms with Gasteiger partial charge in [-0.3, -0.25) is 0 Å².